The summed E-state index contributed by atoms with van der Waals surface area (Å²) in [5, 5.41) is 0. The summed E-state index contributed by atoms with van der Waals surface area (Å²) in [7, 11) is 0. The van der Waals surface area contributed by atoms with E-state index < -0.39 is 17.4 Å². The third kappa shape index (κ3) is 4.39. The summed E-state index contributed by atoms with van der Waals surface area (Å²) in [5.74, 6) is -1.71. The first-order valence-electron chi connectivity index (χ1n) is 7.04. The fraction of sp³-hybridized carbons (Fsp3) is 0.188. The Balaban J connectivity index is 2.60. The van der Waals surface area contributed by atoms with Crippen molar-refractivity contribution in [1.82, 2.24) is 4.57 Å². The van der Waals surface area contributed by atoms with E-state index in [1.54, 1.807) is 13.0 Å². The van der Waals surface area contributed by atoms with Crippen molar-refractivity contribution in [3.05, 3.63) is 55.2 Å². The van der Waals surface area contributed by atoms with Crippen LogP contribution in [0.1, 0.15) is 12.5 Å². The number of nitrogens with two attached hydrogens (primary N) is 1. The van der Waals surface area contributed by atoms with Gasteiger partial charge in [-0.25, -0.2) is 9.18 Å². The molecule has 1 aromatic heterocycles. The minimum atomic E-state index is -0.707. The van der Waals surface area contributed by atoms with Crippen LogP contribution in [0.15, 0.2) is 29.1 Å². The SMILES string of the molecule is CCOC(=O)C=c1sc(=Cc2ccc(F)cc2)c(=O)n1CC(N)=O. The molecule has 0 aliphatic rings. The van der Waals surface area contributed by atoms with Crippen LogP contribution in [0.25, 0.3) is 12.2 Å². The van der Waals surface area contributed by atoms with Crippen LogP contribution in [-0.2, 0) is 20.9 Å². The molecular formula is C16H15FN2O4S. The van der Waals surface area contributed by atoms with Crippen LogP contribution in [0.2, 0.25) is 0 Å². The zero-order valence-corrected chi connectivity index (χ0v) is 13.6. The van der Waals surface area contributed by atoms with Crippen LogP contribution in [0.4, 0.5) is 4.39 Å². The lowest BCUT2D eigenvalue weighted by Gasteiger charge is -1.98. The number of nitrogens with zero attached hydrogens (tertiary/aromatic N) is 1. The Bertz CT molecular complexity index is 928. The number of primary amides is 1. The Labute approximate surface area is 140 Å². The van der Waals surface area contributed by atoms with E-state index in [2.05, 4.69) is 0 Å². The number of aromatic nitrogens is 1. The molecule has 0 fully saturated rings. The van der Waals surface area contributed by atoms with Gasteiger partial charge in [0.05, 0.1) is 17.2 Å². The number of hydrogen-bond acceptors (Lipinski definition) is 5. The lowest BCUT2D eigenvalue weighted by molar-refractivity contribution is -0.135. The Morgan fingerprint density at radius 3 is 2.58 bits per heavy atom. The Kier molecular flexibility index (Phi) is 5.64. The lowest BCUT2D eigenvalue weighted by atomic mass is 10.2. The number of hydrogen-bond donors (Lipinski definition) is 1. The first-order chi connectivity index (χ1) is 11.4. The molecule has 1 amide bonds. The van der Waals surface area contributed by atoms with Gasteiger partial charge in [0, 0.05) is 0 Å². The Hall–Kier alpha value is -2.74. The number of ether oxygens (including phenoxy) is 1. The largest absolute Gasteiger partial charge is 0.463 e. The van der Waals surface area contributed by atoms with E-state index in [0.29, 0.717) is 10.1 Å². The summed E-state index contributed by atoms with van der Waals surface area (Å²) in [4.78, 5) is 35.2. The minimum absolute atomic E-state index is 0.190. The van der Waals surface area contributed by atoms with Crippen LogP contribution >= 0.6 is 11.3 Å². The second kappa shape index (κ2) is 7.69. The zero-order chi connectivity index (χ0) is 17.7. The highest BCUT2D eigenvalue weighted by Crippen LogP contribution is 2.02. The molecule has 0 unspecified atom stereocenters. The smallest absolute Gasteiger partial charge is 0.333 e. The third-order valence-corrected chi connectivity index (χ3v) is 4.01. The fourth-order valence-corrected chi connectivity index (χ4v) is 2.97. The van der Waals surface area contributed by atoms with Gasteiger partial charge in [-0.05, 0) is 30.7 Å². The van der Waals surface area contributed by atoms with E-state index in [1.807, 2.05) is 0 Å². The number of amides is 1. The average molecular weight is 350 g/mol. The molecule has 2 rings (SSSR count). The average Bonchev–Trinajstić information content (AvgIpc) is 2.78. The molecule has 0 radical (unpaired) electrons. The summed E-state index contributed by atoms with van der Waals surface area (Å²) in [6.07, 6.45) is 2.69. The molecule has 1 heterocycles. The van der Waals surface area contributed by atoms with Crippen molar-refractivity contribution in [2.45, 2.75) is 13.5 Å². The maximum absolute atomic E-state index is 12.9. The van der Waals surface area contributed by atoms with E-state index in [-0.39, 0.29) is 23.6 Å². The first kappa shape index (κ1) is 17.6. The molecule has 0 saturated carbocycles. The molecule has 126 valence electrons. The van der Waals surface area contributed by atoms with Gasteiger partial charge in [0.2, 0.25) is 5.91 Å². The number of esters is 1. The number of rotatable bonds is 5. The van der Waals surface area contributed by atoms with Gasteiger partial charge in [0.25, 0.3) is 5.56 Å². The van der Waals surface area contributed by atoms with E-state index in [0.717, 1.165) is 22.0 Å². The molecular weight excluding hydrogens is 335 g/mol. The number of halogens is 1. The van der Waals surface area contributed by atoms with E-state index in [9.17, 15) is 18.8 Å². The van der Waals surface area contributed by atoms with Crippen LogP contribution < -0.4 is 20.5 Å². The van der Waals surface area contributed by atoms with Crippen molar-refractivity contribution < 1.29 is 18.7 Å². The fourth-order valence-electron chi connectivity index (χ4n) is 1.94. The standard InChI is InChI=1S/C16H15FN2O4S/c1-2-23-15(21)8-14-19(9-13(18)20)16(22)12(24-14)7-10-3-5-11(17)6-4-10/h3-8H,2,9H2,1H3,(H2,18,20). The molecule has 6 nitrogen and oxygen atoms in total. The molecule has 0 saturated heterocycles. The Morgan fingerprint density at radius 2 is 2.00 bits per heavy atom. The highest BCUT2D eigenvalue weighted by molar-refractivity contribution is 7.07. The van der Waals surface area contributed by atoms with Gasteiger partial charge in [0.15, 0.2) is 0 Å². The third-order valence-electron chi connectivity index (χ3n) is 2.95. The van der Waals surface area contributed by atoms with E-state index >= 15 is 0 Å². The molecule has 0 atom stereocenters. The van der Waals surface area contributed by atoms with Crippen molar-refractivity contribution in [1.29, 1.82) is 0 Å². The predicted molar refractivity (Wildman–Crippen MR) is 88.1 cm³/mol. The predicted octanol–water partition coefficient (Wildman–Crippen LogP) is -0.293. The topological polar surface area (TPSA) is 91.4 Å². The van der Waals surface area contributed by atoms with Crippen molar-refractivity contribution >= 4 is 35.4 Å². The Morgan fingerprint density at radius 1 is 1.33 bits per heavy atom. The molecule has 24 heavy (non-hydrogen) atoms. The van der Waals surface area contributed by atoms with Gasteiger partial charge in [-0.1, -0.05) is 12.1 Å². The first-order valence-corrected chi connectivity index (χ1v) is 7.86. The normalized spacial score (nSPS) is 12.4. The van der Waals surface area contributed by atoms with Crippen molar-refractivity contribution in [2.24, 2.45) is 5.73 Å². The van der Waals surface area contributed by atoms with Crippen LogP contribution in [-0.4, -0.2) is 23.1 Å². The van der Waals surface area contributed by atoms with E-state index in [1.165, 1.54) is 24.3 Å². The highest BCUT2D eigenvalue weighted by atomic mass is 32.1. The van der Waals surface area contributed by atoms with E-state index in [4.69, 9.17) is 10.5 Å². The summed E-state index contributed by atoms with van der Waals surface area (Å²) >= 11 is 1.02. The van der Waals surface area contributed by atoms with Crippen molar-refractivity contribution in [2.75, 3.05) is 6.61 Å². The van der Waals surface area contributed by atoms with Gasteiger partial charge in [-0.2, -0.15) is 0 Å². The number of thiazole rings is 1. The molecule has 0 spiro atoms. The summed E-state index contributed by atoms with van der Waals surface area (Å²) in [6.45, 7) is 1.50. The number of carbonyl (C=O) groups is 2. The molecule has 8 heteroatoms. The molecule has 0 bridgehead atoms. The van der Waals surface area contributed by atoms with Gasteiger partial charge >= 0.3 is 5.97 Å². The zero-order valence-electron chi connectivity index (χ0n) is 12.8. The molecule has 2 N–H and O–H groups in total. The van der Waals surface area contributed by atoms with Crippen LogP contribution in [0.5, 0.6) is 0 Å². The summed E-state index contributed by atoms with van der Waals surface area (Å²) in [6, 6.07) is 5.57. The van der Waals surface area contributed by atoms with Gasteiger partial charge < -0.3 is 10.5 Å². The molecule has 0 aliphatic carbocycles. The van der Waals surface area contributed by atoms with Gasteiger partial charge in [-0.3, -0.25) is 14.2 Å². The van der Waals surface area contributed by atoms with Crippen molar-refractivity contribution in [3.8, 4) is 0 Å². The maximum atomic E-state index is 12.9. The van der Waals surface area contributed by atoms with Gasteiger partial charge in [-0.15, -0.1) is 11.3 Å². The maximum Gasteiger partial charge on any atom is 0.333 e. The lowest BCUT2D eigenvalue weighted by Crippen LogP contribution is -2.36. The quantitative estimate of drug-likeness (QED) is 0.750. The van der Waals surface area contributed by atoms with Crippen LogP contribution in [0, 0.1) is 5.82 Å². The molecule has 0 aliphatic heterocycles. The van der Waals surface area contributed by atoms with Crippen molar-refractivity contribution in [3.63, 3.8) is 0 Å². The molecule has 2 aromatic rings. The monoisotopic (exact) mass is 350 g/mol. The number of benzene rings is 1. The minimum Gasteiger partial charge on any atom is -0.463 e. The summed E-state index contributed by atoms with van der Waals surface area (Å²) < 4.78 is 19.4. The summed E-state index contributed by atoms with van der Waals surface area (Å²) in [5.41, 5.74) is 5.31. The number of carbonyl (C=O) groups excluding carboxylic acids is 2. The second-order valence-electron chi connectivity index (χ2n) is 4.75. The van der Waals surface area contributed by atoms with Crippen LogP contribution in [0.3, 0.4) is 0 Å². The highest BCUT2D eigenvalue weighted by Gasteiger charge is 2.09. The van der Waals surface area contributed by atoms with Gasteiger partial charge in [0.1, 0.15) is 17.0 Å². The second-order valence-corrected chi connectivity index (χ2v) is 5.82. The molecule has 1 aromatic carbocycles.